The van der Waals surface area contributed by atoms with Crippen molar-refractivity contribution >= 4 is 54.6 Å². The lowest BCUT2D eigenvalue weighted by molar-refractivity contribution is 0.599. The first kappa shape index (κ1) is 52.4. The topological polar surface area (TPSA) is 26.3 Å². The van der Waals surface area contributed by atoms with Gasteiger partial charge in [0.2, 0.25) is 0 Å². The Morgan fingerprint density at radius 3 is 1.47 bits per heavy atom. The molecule has 0 bridgehead atoms. The Bertz CT molecular complexity index is 6100. The Balaban J connectivity index is 0.740. The molecule has 6 aliphatic carbocycles. The summed E-state index contributed by atoms with van der Waals surface area (Å²) in [4.78, 5) is 0. The smallest absolute Gasteiger partial charge is 0.144 e. The molecule has 14 aromatic carbocycles. The number of fused-ring (bicyclic) bond motifs is 37. The van der Waals surface area contributed by atoms with Crippen LogP contribution < -0.4 is 0 Å². The molecule has 1 atom stereocenters. The van der Waals surface area contributed by atoms with Gasteiger partial charge < -0.3 is 8.83 Å². The van der Waals surface area contributed by atoms with E-state index in [1.807, 2.05) is 0 Å². The van der Waals surface area contributed by atoms with Crippen LogP contribution in [-0.4, -0.2) is 0 Å². The van der Waals surface area contributed by atoms with E-state index in [9.17, 15) is 0 Å². The van der Waals surface area contributed by atoms with Crippen LogP contribution in [0.1, 0.15) is 123 Å². The van der Waals surface area contributed by atoms with E-state index < -0.39 is 10.8 Å². The van der Waals surface area contributed by atoms with Gasteiger partial charge in [-0.05, 0) is 199 Å². The molecule has 1 unspecified atom stereocenters. The van der Waals surface area contributed by atoms with Crippen molar-refractivity contribution in [3.05, 3.63) is 356 Å². The highest BCUT2D eigenvalue weighted by atomic mass is 16.3. The minimum Gasteiger partial charge on any atom is -0.456 e. The molecule has 2 aromatic heterocycles. The minimum atomic E-state index is -0.587. The monoisotopic (exact) mass is 1210 g/mol. The minimum absolute atomic E-state index is 0.0987. The fourth-order valence-corrected chi connectivity index (χ4v) is 20.3. The van der Waals surface area contributed by atoms with Gasteiger partial charge in [-0.3, -0.25) is 0 Å². The molecule has 0 aliphatic heterocycles. The highest BCUT2D eigenvalue weighted by Crippen LogP contribution is 2.70. The van der Waals surface area contributed by atoms with Crippen molar-refractivity contribution in [1.82, 2.24) is 0 Å². The molecular formula is C93H62O2. The Labute approximate surface area is 551 Å². The zero-order chi connectivity index (χ0) is 62.6. The predicted molar refractivity (Wildman–Crippen MR) is 389 cm³/mol. The number of furan rings is 2. The summed E-state index contributed by atoms with van der Waals surface area (Å²) in [5.41, 5.74) is 38.1. The van der Waals surface area contributed by atoms with E-state index >= 15 is 0 Å². The Morgan fingerprint density at radius 2 is 0.779 bits per heavy atom. The van der Waals surface area contributed by atoms with Crippen LogP contribution in [0.15, 0.2) is 282 Å². The van der Waals surface area contributed by atoms with Crippen LogP contribution >= 0.6 is 0 Å². The summed E-state index contributed by atoms with van der Waals surface area (Å²) in [5, 5.41) is 7.30. The quantitative estimate of drug-likeness (QED) is 0.172. The highest BCUT2D eigenvalue weighted by Gasteiger charge is 2.57. The average molecular weight is 1210 g/mol. The van der Waals surface area contributed by atoms with Crippen LogP contribution in [0.25, 0.3) is 121 Å². The third-order valence-corrected chi connectivity index (χ3v) is 24.1. The zero-order valence-corrected chi connectivity index (χ0v) is 53.3. The maximum atomic E-state index is 7.16. The first-order valence-electron chi connectivity index (χ1n) is 34.1. The Kier molecular flexibility index (Phi) is 9.93. The van der Waals surface area contributed by atoms with E-state index in [0.717, 1.165) is 40.6 Å². The lowest BCUT2D eigenvalue weighted by atomic mass is 9.68. The normalized spacial score (nSPS) is 16.0. The fraction of sp³-hybridized carbons (Fsp3) is 0.118. The zero-order valence-electron chi connectivity index (χ0n) is 53.3. The second-order valence-electron chi connectivity index (χ2n) is 29.1. The van der Waals surface area contributed by atoms with Gasteiger partial charge in [-0.1, -0.05) is 270 Å². The number of aryl methyl sites for hydroxylation is 1. The van der Waals surface area contributed by atoms with Crippen LogP contribution in [0.3, 0.4) is 0 Å². The molecule has 16 aromatic rings. The van der Waals surface area contributed by atoms with Crippen LogP contribution in [0.4, 0.5) is 0 Å². The summed E-state index contributed by atoms with van der Waals surface area (Å²) in [6.07, 6.45) is 1.80. The molecule has 0 amide bonds. The van der Waals surface area contributed by atoms with E-state index in [1.165, 1.54) is 177 Å². The van der Waals surface area contributed by atoms with E-state index in [1.54, 1.807) is 0 Å². The molecule has 6 aliphatic rings. The van der Waals surface area contributed by atoms with E-state index in [-0.39, 0.29) is 16.7 Å². The molecule has 22 rings (SSSR count). The van der Waals surface area contributed by atoms with Gasteiger partial charge in [0.1, 0.15) is 22.3 Å². The summed E-state index contributed by atoms with van der Waals surface area (Å²) in [7, 11) is 0. The molecule has 0 N–H and O–H groups in total. The van der Waals surface area contributed by atoms with Gasteiger partial charge in [-0.2, -0.15) is 0 Å². The fourth-order valence-electron chi connectivity index (χ4n) is 20.3. The van der Waals surface area contributed by atoms with Crippen molar-refractivity contribution < 1.29 is 8.83 Å². The third kappa shape index (κ3) is 6.29. The number of para-hydroxylation sites is 2. The predicted octanol–water partition coefficient (Wildman–Crippen LogP) is 23.7. The molecule has 0 radical (unpaired) electrons. The van der Waals surface area contributed by atoms with Gasteiger partial charge in [-0.15, -0.1) is 0 Å². The van der Waals surface area contributed by atoms with Crippen LogP contribution in [-0.2, 0) is 28.1 Å². The van der Waals surface area contributed by atoms with Gasteiger partial charge >= 0.3 is 0 Å². The van der Waals surface area contributed by atoms with Gasteiger partial charge in [0.05, 0.1) is 10.8 Å². The van der Waals surface area contributed by atoms with Gasteiger partial charge in [0.15, 0.2) is 0 Å². The van der Waals surface area contributed by atoms with Gasteiger partial charge in [0.25, 0.3) is 0 Å². The molecule has 0 fully saturated rings. The van der Waals surface area contributed by atoms with Gasteiger partial charge in [0, 0.05) is 43.9 Å². The Hall–Kier alpha value is -11.1. The lowest BCUT2D eigenvalue weighted by Crippen LogP contribution is -2.27. The summed E-state index contributed by atoms with van der Waals surface area (Å²) >= 11 is 0. The second kappa shape index (κ2) is 18.0. The molecule has 446 valence electrons. The molecule has 2 heterocycles. The van der Waals surface area contributed by atoms with E-state index in [0.29, 0.717) is 0 Å². The highest BCUT2D eigenvalue weighted by molar-refractivity contribution is 6.21. The molecule has 2 heteroatoms. The molecule has 0 saturated heterocycles. The molecular weight excluding hydrogens is 1150 g/mol. The van der Waals surface area contributed by atoms with Crippen molar-refractivity contribution in [2.24, 2.45) is 0 Å². The number of benzene rings is 14. The number of hydrogen-bond acceptors (Lipinski definition) is 2. The number of hydrogen-bond donors (Lipinski definition) is 0. The standard InChI is InChI=1S/C93H62O2/c1-90(2)69-30-14-11-27-63(69)84-85-66-29-13-20-36-80(66)95-89(85)86-64-44-41-56(49-75(64)91(3,4)88(86)87(84)90)57(55-40-39-53-21-5-6-22-54(53)48-55)42-37-52-38-43-62-67-50-78-68(51-77(67)93(76(62)47-52)72-33-17-9-25-60(72)61-26-10-18-34-73(61)93)82-74(45-46-81-83(82)65-28-12-19-35-79(65)94-81)92(78)70-31-15-7-23-58(70)59-24-8-16-32-71(59)92/h5-36,38-41,43-51,57H,37,42H2,1-4H3. The van der Waals surface area contributed by atoms with Crippen molar-refractivity contribution in [3.63, 3.8) is 0 Å². The second-order valence-corrected chi connectivity index (χ2v) is 29.1. The summed E-state index contributed by atoms with van der Waals surface area (Å²) in [6, 6.07) is 105. The van der Waals surface area contributed by atoms with Crippen LogP contribution in [0.5, 0.6) is 0 Å². The molecule has 2 spiro atoms. The summed E-state index contributed by atoms with van der Waals surface area (Å²) in [5.74, 6) is 0.0987. The maximum absolute atomic E-state index is 7.16. The van der Waals surface area contributed by atoms with E-state index in [4.69, 9.17) is 8.83 Å². The SMILES string of the molecule is CC1(C)c2cc(C(CCc3ccc4c(c3)C3(c5ccccc5-c5ccccc53)c3cc5c(cc3-4)C3(c4ccccc4-c4ccccc43)c3ccc4oc6ccccc6c4c3-5)c3ccc4ccccc4c3)ccc2-c2c1c1c(c3c2oc2ccccc23)-c2ccccc2C1(C)C. The molecule has 95 heavy (non-hydrogen) atoms. The summed E-state index contributed by atoms with van der Waals surface area (Å²) in [6.45, 7) is 9.86. The largest absolute Gasteiger partial charge is 0.456 e. The van der Waals surface area contributed by atoms with Crippen molar-refractivity contribution in [2.45, 2.75) is 68.1 Å². The third-order valence-electron chi connectivity index (χ3n) is 24.1. The molecule has 0 saturated carbocycles. The Morgan fingerprint density at radius 1 is 0.295 bits per heavy atom. The van der Waals surface area contributed by atoms with Crippen molar-refractivity contribution in [3.8, 4) is 66.8 Å². The van der Waals surface area contributed by atoms with Crippen LogP contribution in [0.2, 0.25) is 0 Å². The average Bonchev–Trinajstić information content (AvgIpc) is 1.50. The molecule has 2 nitrogen and oxygen atoms in total. The summed E-state index contributed by atoms with van der Waals surface area (Å²) < 4.78 is 14.0. The van der Waals surface area contributed by atoms with E-state index in [2.05, 4.69) is 301 Å². The first-order chi connectivity index (χ1) is 46.6. The maximum Gasteiger partial charge on any atom is 0.144 e. The first-order valence-corrected chi connectivity index (χ1v) is 34.1. The van der Waals surface area contributed by atoms with Gasteiger partial charge in [-0.25, -0.2) is 0 Å². The van der Waals surface area contributed by atoms with Crippen LogP contribution in [0, 0.1) is 0 Å². The van der Waals surface area contributed by atoms with Crippen molar-refractivity contribution in [1.29, 1.82) is 0 Å². The number of rotatable bonds is 5. The van der Waals surface area contributed by atoms with Crippen molar-refractivity contribution in [2.75, 3.05) is 0 Å². The lowest BCUT2D eigenvalue weighted by Gasteiger charge is -2.32.